The van der Waals surface area contributed by atoms with Crippen LogP contribution in [0.5, 0.6) is 0 Å². The minimum Gasteiger partial charge on any atom is -0.309 e. The Kier molecular flexibility index (Phi) is 6.95. The van der Waals surface area contributed by atoms with Crippen LogP contribution in [-0.4, -0.2) is 16.0 Å². The van der Waals surface area contributed by atoms with Crippen LogP contribution in [0.1, 0.15) is 18.9 Å². The summed E-state index contributed by atoms with van der Waals surface area (Å²) < 4.78 is 2.95. The van der Waals surface area contributed by atoms with E-state index in [0.29, 0.717) is 21.6 Å². The molecule has 118 valence electrons. The molecule has 0 aliphatic carbocycles. The summed E-state index contributed by atoms with van der Waals surface area (Å²) in [7, 11) is 0. The Morgan fingerprint density at radius 3 is 2.59 bits per heavy atom. The lowest BCUT2D eigenvalue weighted by atomic mass is 10.2. The molecule has 4 nitrogen and oxygen atoms in total. The Balaban J connectivity index is 1.92. The normalized spacial score (nSPS) is 10.7. The average molecular weight is 376 g/mol. The molecule has 0 saturated carbocycles. The van der Waals surface area contributed by atoms with Gasteiger partial charge in [0.2, 0.25) is 11.2 Å². The summed E-state index contributed by atoms with van der Waals surface area (Å²) in [6.45, 7) is 2.09. The van der Waals surface area contributed by atoms with E-state index >= 15 is 0 Å². The summed E-state index contributed by atoms with van der Waals surface area (Å²) in [5, 5.41) is 8.90. The van der Waals surface area contributed by atoms with Gasteiger partial charge in [-0.2, -0.15) is 5.10 Å². The standard InChI is InChI=1S/C14H15Cl2N3OS2/c1-2-3-21-13-7-12(20)14(18-17-13)19-22-8-9-4-10(15)6-11(16)5-9/h4-7H,2-3,8H2,1H3,(H,17,20)(H,18,19). The van der Waals surface area contributed by atoms with E-state index in [0.717, 1.165) is 22.8 Å². The number of aromatic amines is 1. The molecule has 0 amide bonds. The molecule has 0 atom stereocenters. The molecule has 0 bridgehead atoms. The molecule has 0 aliphatic rings. The highest BCUT2D eigenvalue weighted by molar-refractivity contribution is 7.99. The van der Waals surface area contributed by atoms with Crippen LogP contribution in [0.25, 0.3) is 0 Å². The zero-order valence-corrected chi connectivity index (χ0v) is 15.0. The quantitative estimate of drug-likeness (QED) is 0.535. The topological polar surface area (TPSA) is 57.8 Å². The molecular weight excluding hydrogens is 361 g/mol. The second-order valence-corrected chi connectivity index (χ2v) is 7.25. The SMILES string of the molecule is CCCSc1cc(=O)c(NSCc2cc(Cl)cc(Cl)c2)n[nH]1. The number of H-pyrrole nitrogens is 1. The van der Waals surface area contributed by atoms with Gasteiger partial charge in [0, 0.05) is 21.9 Å². The second kappa shape index (κ2) is 8.72. The van der Waals surface area contributed by atoms with E-state index in [9.17, 15) is 4.79 Å². The van der Waals surface area contributed by atoms with Gasteiger partial charge in [-0.1, -0.05) is 30.1 Å². The molecule has 1 heterocycles. The number of hydrogen-bond donors (Lipinski definition) is 2. The third-order valence-corrected chi connectivity index (χ3v) is 4.95. The molecule has 2 N–H and O–H groups in total. The van der Waals surface area contributed by atoms with E-state index in [-0.39, 0.29) is 5.43 Å². The highest BCUT2D eigenvalue weighted by Crippen LogP contribution is 2.22. The number of halogens is 2. The number of hydrogen-bond acceptors (Lipinski definition) is 5. The zero-order chi connectivity index (χ0) is 15.9. The van der Waals surface area contributed by atoms with E-state index in [1.54, 1.807) is 23.9 Å². The van der Waals surface area contributed by atoms with Crippen molar-refractivity contribution in [3.05, 3.63) is 50.1 Å². The van der Waals surface area contributed by atoms with E-state index in [1.165, 1.54) is 11.9 Å². The van der Waals surface area contributed by atoms with E-state index in [1.807, 2.05) is 12.1 Å². The van der Waals surface area contributed by atoms with Crippen LogP contribution in [0, 0.1) is 0 Å². The molecule has 0 unspecified atom stereocenters. The van der Waals surface area contributed by atoms with Gasteiger partial charge in [0.1, 0.15) is 0 Å². The van der Waals surface area contributed by atoms with E-state index in [2.05, 4.69) is 21.8 Å². The van der Waals surface area contributed by atoms with Crippen LogP contribution in [0.4, 0.5) is 5.82 Å². The number of nitrogens with zero attached hydrogens (tertiary/aromatic N) is 1. The Labute approximate surface area is 147 Å². The molecule has 1 aromatic carbocycles. The van der Waals surface area contributed by atoms with Crippen LogP contribution in [0.3, 0.4) is 0 Å². The number of benzene rings is 1. The monoisotopic (exact) mass is 375 g/mol. The maximum Gasteiger partial charge on any atom is 0.226 e. The van der Waals surface area contributed by atoms with Gasteiger partial charge < -0.3 is 4.72 Å². The first-order chi connectivity index (χ1) is 10.6. The number of rotatable bonds is 7. The summed E-state index contributed by atoms with van der Waals surface area (Å²) in [4.78, 5) is 11.9. The van der Waals surface area contributed by atoms with Crippen molar-refractivity contribution in [3.8, 4) is 0 Å². The van der Waals surface area contributed by atoms with Gasteiger partial charge >= 0.3 is 0 Å². The van der Waals surface area contributed by atoms with Crippen molar-refractivity contribution in [2.24, 2.45) is 0 Å². The Bertz CT molecular complexity index is 674. The summed E-state index contributed by atoms with van der Waals surface area (Å²) in [6.07, 6.45) is 1.05. The molecule has 2 aromatic rings. The number of aromatic nitrogens is 2. The molecule has 1 aromatic heterocycles. The van der Waals surface area contributed by atoms with Crippen molar-refractivity contribution in [1.82, 2.24) is 10.2 Å². The van der Waals surface area contributed by atoms with Crippen LogP contribution in [-0.2, 0) is 5.75 Å². The zero-order valence-electron chi connectivity index (χ0n) is 11.9. The lowest BCUT2D eigenvalue weighted by molar-refractivity contribution is 0.926. The van der Waals surface area contributed by atoms with Gasteiger partial charge in [-0.05, 0) is 47.9 Å². The molecule has 0 saturated heterocycles. The molecule has 0 spiro atoms. The second-order valence-electron chi connectivity index (χ2n) is 4.46. The summed E-state index contributed by atoms with van der Waals surface area (Å²) in [6, 6.07) is 6.92. The first-order valence-electron chi connectivity index (χ1n) is 6.63. The van der Waals surface area contributed by atoms with Gasteiger partial charge in [-0.15, -0.1) is 11.8 Å². The predicted octanol–water partition coefficient (Wildman–Crippen LogP) is 4.84. The van der Waals surface area contributed by atoms with Crippen molar-refractivity contribution in [1.29, 1.82) is 0 Å². The molecule has 8 heteroatoms. The average Bonchev–Trinajstić information content (AvgIpc) is 2.46. The van der Waals surface area contributed by atoms with Gasteiger partial charge in [-0.3, -0.25) is 9.89 Å². The van der Waals surface area contributed by atoms with Crippen molar-refractivity contribution in [2.75, 3.05) is 10.5 Å². The highest BCUT2D eigenvalue weighted by atomic mass is 35.5. The first kappa shape index (κ1) is 17.5. The van der Waals surface area contributed by atoms with Gasteiger partial charge in [-0.25, -0.2) is 0 Å². The number of nitrogens with one attached hydrogen (secondary N) is 2. The smallest absolute Gasteiger partial charge is 0.226 e. The summed E-state index contributed by atoms with van der Waals surface area (Å²) >= 11 is 14.8. The molecule has 0 aliphatic heterocycles. The Morgan fingerprint density at radius 1 is 1.23 bits per heavy atom. The van der Waals surface area contributed by atoms with Crippen LogP contribution < -0.4 is 10.2 Å². The minimum atomic E-state index is -0.131. The largest absolute Gasteiger partial charge is 0.309 e. The van der Waals surface area contributed by atoms with Crippen LogP contribution in [0.2, 0.25) is 10.0 Å². The predicted molar refractivity (Wildman–Crippen MR) is 97.3 cm³/mol. The van der Waals surface area contributed by atoms with Crippen LogP contribution >= 0.6 is 46.9 Å². The fourth-order valence-electron chi connectivity index (χ4n) is 1.63. The summed E-state index contributed by atoms with van der Waals surface area (Å²) in [5.41, 5.74) is 0.843. The van der Waals surface area contributed by atoms with E-state index in [4.69, 9.17) is 23.2 Å². The van der Waals surface area contributed by atoms with Crippen molar-refractivity contribution >= 4 is 52.7 Å². The third kappa shape index (κ3) is 5.43. The fourth-order valence-corrected chi connectivity index (χ4v) is 3.61. The van der Waals surface area contributed by atoms with Gasteiger partial charge in [0.15, 0.2) is 0 Å². The maximum atomic E-state index is 11.9. The Morgan fingerprint density at radius 2 is 1.95 bits per heavy atom. The molecule has 0 fully saturated rings. The van der Waals surface area contributed by atoms with E-state index < -0.39 is 0 Å². The lowest BCUT2D eigenvalue weighted by Gasteiger charge is -2.06. The summed E-state index contributed by atoms with van der Waals surface area (Å²) in [5.74, 6) is 1.86. The van der Waals surface area contributed by atoms with Crippen molar-refractivity contribution in [2.45, 2.75) is 24.1 Å². The van der Waals surface area contributed by atoms with Crippen molar-refractivity contribution < 1.29 is 0 Å². The number of thioether (sulfide) groups is 1. The minimum absolute atomic E-state index is 0.131. The lowest BCUT2D eigenvalue weighted by Crippen LogP contribution is -2.10. The molecule has 22 heavy (non-hydrogen) atoms. The highest BCUT2D eigenvalue weighted by Gasteiger charge is 2.04. The molecule has 0 radical (unpaired) electrons. The fraction of sp³-hybridized carbons (Fsp3) is 0.286. The Hall–Kier alpha value is -0.820. The maximum absolute atomic E-state index is 11.9. The molecule has 2 rings (SSSR count). The molecular formula is C14H15Cl2N3OS2. The first-order valence-corrected chi connectivity index (χ1v) is 9.36. The van der Waals surface area contributed by atoms with Gasteiger partial charge in [0.25, 0.3) is 0 Å². The number of anilines is 1. The van der Waals surface area contributed by atoms with Crippen molar-refractivity contribution in [3.63, 3.8) is 0 Å². The third-order valence-electron chi connectivity index (χ3n) is 2.57. The van der Waals surface area contributed by atoms with Crippen LogP contribution in [0.15, 0.2) is 34.1 Å². The van der Waals surface area contributed by atoms with Gasteiger partial charge in [0.05, 0.1) is 5.03 Å².